The summed E-state index contributed by atoms with van der Waals surface area (Å²) >= 11 is 0. The molecule has 55 heavy (non-hydrogen) atoms. The Bertz CT molecular complexity index is 2480. The number of hydrogen-bond donors (Lipinski definition) is 4. The molecule has 3 aliphatic heterocycles. The van der Waals surface area contributed by atoms with Gasteiger partial charge in [-0.1, -0.05) is 55.2 Å². The van der Waals surface area contributed by atoms with Crippen molar-refractivity contribution in [3.05, 3.63) is 107 Å². The van der Waals surface area contributed by atoms with Crippen LogP contribution >= 0.6 is 0 Å². The van der Waals surface area contributed by atoms with Gasteiger partial charge < -0.3 is 20.9 Å². The van der Waals surface area contributed by atoms with Crippen LogP contribution in [0.3, 0.4) is 0 Å². The van der Waals surface area contributed by atoms with Gasteiger partial charge in [0.15, 0.2) is 0 Å². The molecule has 1 saturated heterocycles. The zero-order valence-electron chi connectivity index (χ0n) is 30.1. The minimum atomic E-state index is -0.691. The van der Waals surface area contributed by atoms with Gasteiger partial charge in [0.25, 0.3) is 11.8 Å². The van der Waals surface area contributed by atoms with Crippen LogP contribution in [0.25, 0.3) is 33.2 Å². The third kappa shape index (κ3) is 6.88. The number of imide groups is 1. The van der Waals surface area contributed by atoms with Crippen molar-refractivity contribution in [2.45, 2.75) is 51.6 Å². The molecule has 12 nitrogen and oxygen atoms in total. The summed E-state index contributed by atoms with van der Waals surface area (Å²) < 4.78 is 0. The number of fused-ring (bicyclic) bond motifs is 3. The first-order valence-electron chi connectivity index (χ1n) is 18.4. The second kappa shape index (κ2) is 14.9. The smallest absolute Gasteiger partial charge is 0.269 e. The van der Waals surface area contributed by atoms with E-state index in [0.29, 0.717) is 43.5 Å². The van der Waals surface area contributed by atoms with Crippen molar-refractivity contribution >= 4 is 51.7 Å². The van der Waals surface area contributed by atoms with Gasteiger partial charge in [0.05, 0.1) is 17.1 Å². The van der Waals surface area contributed by atoms with Crippen LogP contribution in [0.4, 0.5) is 11.4 Å². The summed E-state index contributed by atoms with van der Waals surface area (Å²) in [5.41, 5.74) is 8.54. The molecule has 4 N–H and O–H groups in total. The van der Waals surface area contributed by atoms with Crippen LogP contribution in [0.1, 0.15) is 70.1 Å². The summed E-state index contributed by atoms with van der Waals surface area (Å²) in [7, 11) is 0. The van der Waals surface area contributed by atoms with Gasteiger partial charge in [0.1, 0.15) is 11.7 Å². The number of aryl methyl sites for hydroxylation is 1. The van der Waals surface area contributed by atoms with E-state index in [9.17, 15) is 24.0 Å². The first kappa shape index (κ1) is 35.2. The second-order valence-electron chi connectivity index (χ2n) is 13.7. The number of carbonyl (C=O) groups excluding carboxylic acids is 5. The molecule has 274 valence electrons. The van der Waals surface area contributed by atoms with E-state index in [1.54, 1.807) is 24.4 Å². The number of nitrogens with one attached hydrogen (secondary N) is 4. The van der Waals surface area contributed by atoms with Gasteiger partial charge in [-0.05, 0) is 65.3 Å². The standard InChI is InChI=1S/C43H37N7O5/c1-2-25-12-14-30(40-39(25)48-38(52)18-20-44-40)29-10-6-9-27-21-35(47-23-32(27)29)28-13-15-34(46-22-28)41(53)45-19-4-3-7-26-8-5-11-31-33(26)24-50(43(31)55)36-16-17-37(51)49-42(36)54/h5-6,8-15,21-23,36,44H,2,4,16-20,24H2,1H3,(H,45,53)(H,48,52)(H,49,51,54). The Balaban J connectivity index is 0.913. The van der Waals surface area contributed by atoms with Gasteiger partial charge in [-0.2, -0.15) is 0 Å². The normalized spacial score (nSPS) is 16.2. The van der Waals surface area contributed by atoms with Crippen molar-refractivity contribution in [3.63, 3.8) is 0 Å². The first-order valence-corrected chi connectivity index (χ1v) is 18.4. The van der Waals surface area contributed by atoms with Crippen molar-refractivity contribution in [2.24, 2.45) is 0 Å². The van der Waals surface area contributed by atoms with Crippen LogP contribution in [0.15, 0.2) is 79.1 Å². The molecule has 3 aromatic carbocycles. The van der Waals surface area contributed by atoms with E-state index < -0.39 is 11.9 Å². The molecular weight excluding hydrogens is 695 g/mol. The molecule has 1 fully saturated rings. The minimum absolute atomic E-state index is 0.000362. The average molecular weight is 732 g/mol. The number of aromatic nitrogens is 2. The lowest BCUT2D eigenvalue weighted by molar-refractivity contribution is -0.137. The maximum atomic E-state index is 13.1. The maximum Gasteiger partial charge on any atom is 0.269 e. The fraction of sp³-hybridized carbons (Fsp3) is 0.233. The molecule has 0 bridgehead atoms. The van der Waals surface area contributed by atoms with Gasteiger partial charge in [0, 0.05) is 78.9 Å². The fourth-order valence-electron chi connectivity index (χ4n) is 7.43. The SMILES string of the molecule is CCc1ccc(-c2cccc3cc(-c4ccc(C(=O)NCCC#Cc5cccc6c5CN(C5CCC(=O)NC5=O)C6=O)nc4)ncc23)c2c1NC(=O)CCN2. The molecular formula is C43H37N7O5. The predicted molar refractivity (Wildman–Crippen MR) is 208 cm³/mol. The third-order valence-electron chi connectivity index (χ3n) is 10.3. The van der Waals surface area contributed by atoms with Crippen molar-refractivity contribution in [1.29, 1.82) is 0 Å². The highest BCUT2D eigenvalue weighted by atomic mass is 16.2. The quantitative estimate of drug-likeness (QED) is 0.101. The Kier molecular flexibility index (Phi) is 9.51. The highest BCUT2D eigenvalue weighted by Gasteiger charge is 2.39. The van der Waals surface area contributed by atoms with Crippen LogP contribution in [-0.4, -0.2) is 63.5 Å². The molecule has 1 atom stereocenters. The number of carbonyl (C=O) groups is 5. The number of benzene rings is 3. The molecule has 5 heterocycles. The average Bonchev–Trinajstić information content (AvgIpc) is 3.40. The Labute approximate surface area is 317 Å². The Morgan fingerprint density at radius 2 is 1.73 bits per heavy atom. The minimum Gasteiger partial charge on any atom is -0.382 e. The molecule has 5 amide bonds. The maximum absolute atomic E-state index is 13.1. The fourth-order valence-corrected chi connectivity index (χ4v) is 7.43. The van der Waals surface area contributed by atoms with Gasteiger partial charge in [-0.15, -0.1) is 0 Å². The van der Waals surface area contributed by atoms with Crippen LogP contribution in [0, 0.1) is 11.8 Å². The van der Waals surface area contributed by atoms with E-state index in [0.717, 1.165) is 62.1 Å². The monoisotopic (exact) mass is 731 g/mol. The molecule has 0 spiro atoms. The van der Waals surface area contributed by atoms with E-state index in [1.165, 1.54) is 4.90 Å². The van der Waals surface area contributed by atoms with Gasteiger partial charge in [-0.25, -0.2) is 0 Å². The highest BCUT2D eigenvalue weighted by Crippen LogP contribution is 2.41. The van der Waals surface area contributed by atoms with E-state index in [1.807, 2.05) is 36.5 Å². The molecule has 3 aliphatic rings. The number of hydrogen-bond acceptors (Lipinski definition) is 8. The molecule has 5 aromatic rings. The Morgan fingerprint density at radius 1 is 0.891 bits per heavy atom. The Hall–Kier alpha value is -6.87. The lowest BCUT2D eigenvalue weighted by atomic mass is 9.94. The molecule has 1 unspecified atom stereocenters. The van der Waals surface area contributed by atoms with Crippen LogP contribution in [0.5, 0.6) is 0 Å². The number of piperidine rings is 1. The Morgan fingerprint density at radius 3 is 2.55 bits per heavy atom. The summed E-state index contributed by atoms with van der Waals surface area (Å²) in [6.45, 7) is 3.17. The lowest BCUT2D eigenvalue weighted by Gasteiger charge is -2.29. The zero-order chi connectivity index (χ0) is 38.1. The van der Waals surface area contributed by atoms with Gasteiger partial charge >= 0.3 is 0 Å². The molecule has 0 aliphatic carbocycles. The van der Waals surface area contributed by atoms with Crippen molar-refractivity contribution in [2.75, 3.05) is 23.7 Å². The molecule has 8 rings (SSSR count). The van der Waals surface area contributed by atoms with Crippen molar-refractivity contribution < 1.29 is 24.0 Å². The number of nitrogens with zero attached hydrogens (tertiary/aromatic N) is 3. The number of pyridine rings is 2. The van der Waals surface area contributed by atoms with Crippen molar-refractivity contribution in [3.8, 4) is 34.2 Å². The predicted octanol–water partition coefficient (Wildman–Crippen LogP) is 5.21. The van der Waals surface area contributed by atoms with Gasteiger partial charge in [0.2, 0.25) is 17.7 Å². The molecule has 0 radical (unpaired) electrons. The van der Waals surface area contributed by atoms with Crippen LogP contribution in [0.2, 0.25) is 0 Å². The van der Waals surface area contributed by atoms with Crippen molar-refractivity contribution in [1.82, 2.24) is 25.5 Å². The van der Waals surface area contributed by atoms with Crippen LogP contribution < -0.4 is 21.3 Å². The number of amides is 5. The van der Waals surface area contributed by atoms with E-state index >= 15 is 0 Å². The van der Waals surface area contributed by atoms with E-state index in [4.69, 9.17) is 4.98 Å². The summed E-state index contributed by atoms with van der Waals surface area (Å²) in [5.74, 6) is 4.84. The topological polar surface area (TPSA) is 162 Å². The largest absolute Gasteiger partial charge is 0.382 e. The molecule has 2 aromatic heterocycles. The third-order valence-corrected chi connectivity index (χ3v) is 10.3. The van der Waals surface area contributed by atoms with Gasteiger partial charge in [-0.3, -0.25) is 39.3 Å². The first-order chi connectivity index (χ1) is 26.8. The molecule has 12 heteroatoms. The van der Waals surface area contributed by atoms with E-state index in [-0.39, 0.29) is 42.3 Å². The highest BCUT2D eigenvalue weighted by molar-refractivity contribution is 6.07. The van der Waals surface area contributed by atoms with Crippen LogP contribution in [-0.2, 0) is 27.3 Å². The van der Waals surface area contributed by atoms with E-state index in [2.05, 4.69) is 63.2 Å². The zero-order valence-corrected chi connectivity index (χ0v) is 30.1. The lowest BCUT2D eigenvalue weighted by Crippen LogP contribution is -2.52. The summed E-state index contributed by atoms with van der Waals surface area (Å²) in [6.07, 6.45) is 5.55. The second-order valence-corrected chi connectivity index (χ2v) is 13.7. The molecule has 0 saturated carbocycles. The summed E-state index contributed by atoms with van der Waals surface area (Å²) in [6, 6.07) is 20.4. The number of rotatable bonds is 7. The summed E-state index contributed by atoms with van der Waals surface area (Å²) in [4.78, 5) is 73.1. The summed E-state index contributed by atoms with van der Waals surface area (Å²) in [5, 5.41) is 13.7. The number of anilines is 2.